The molecule has 0 aliphatic rings. The average molecular weight is 304 g/mol. The van der Waals surface area contributed by atoms with E-state index in [1.807, 2.05) is 55.3 Å². The van der Waals surface area contributed by atoms with Crippen LogP contribution in [0.1, 0.15) is 12.5 Å². The molecule has 0 bridgehead atoms. The van der Waals surface area contributed by atoms with Crippen molar-refractivity contribution >= 4 is 23.2 Å². The van der Waals surface area contributed by atoms with Crippen molar-refractivity contribution in [2.45, 2.75) is 19.5 Å². The Morgan fingerprint density at radius 3 is 2.62 bits per heavy atom. The highest BCUT2D eigenvalue weighted by Gasteiger charge is 2.18. The number of nitrogens with one attached hydrogen (secondary N) is 1. The second kappa shape index (κ2) is 7.20. The molecule has 1 amide bonds. The number of anilines is 1. The summed E-state index contributed by atoms with van der Waals surface area (Å²) in [5, 5.41) is 3.37. The molecule has 1 atom stereocenters. The summed E-state index contributed by atoms with van der Waals surface area (Å²) in [4.78, 5) is 18.2. The van der Waals surface area contributed by atoms with Gasteiger partial charge < -0.3 is 5.32 Å². The van der Waals surface area contributed by atoms with Gasteiger partial charge in [-0.15, -0.1) is 0 Å². The summed E-state index contributed by atoms with van der Waals surface area (Å²) in [6.45, 7) is 2.51. The minimum Gasteiger partial charge on any atom is -0.325 e. The first-order valence-corrected chi connectivity index (χ1v) is 7.10. The summed E-state index contributed by atoms with van der Waals surface area (Å²) < 4.78 is 0. The van der Waals surface area contributed by atoms with Crippen LogP contribution in [0.15, 0.2) is 48.7 Å². The van der Waals surface area contributed by atoms with Crippen LogP contribution in [0.4, 0.5) is 5.69 Å². The number of hydrogen-bond donors (Lipinski definition) is 1. The van der Waals surface area contributed by atoms with Gasteiger partial charge in [0.15, 0.2) is 0 Å². The van der Waals surface area contributed by atoms with Crippen LogP contribution in [-0.4, -0.2) is 28.9 Å². The van der Waals surface area contributed by atoms with Crippen LogP contribution in [0.3, 0.4) is 0 Å². The van der Waals surface area contributed by atoms with Crippen molar-refractivity contribution in [3.8, 4) is 0 Å². The number of amides is 1. The predicted molar refractivity (Wildman–Crippen MR) is 85.2 cm³/mol. The molecule has 0 spiro atoms. The first-order chi connectivity index (χ1) is 10.1. The SMILES string of the molecule is C[C@@H](C(=O)Nc1ccccc1)N(C)Cc1ccc(Cl)nc1. The number of pyridine rings is 1. The highest BCUT2D eigenvalue weighted by molar-refractivity contribution is 6.29. The fraction of sp³-hybridized carbons (Fsp3) is 0.250. The smallest absolute Gasteiger partial charge is 0.241 e. The Hall–Kier alpha value is -1.91. The van der Waals surface area contributed by atoms with E-state index < -0.39 is 0 Å². The molecule has 4 nitrogen and oxygen atoms in total. The van der Waals surface area contributed by atoms with Gasteiger partial charge in [-0.25, -0.2) is 4.98 Å². The number of hydrogen-bond acceptors (Lipinski definition) is 3. The number of likely N-dealkylation sites (N-methyl/N-ethyl adjacent to an activating group) is 1. The maximum absolute atomic E-state index is 12.2. The Morgan fingerprint density at radius 2 is 2.00 bits per heavy atom. The second-order valence-electron chi connectivity index (χ2n) is 4.94. The Bertz CT molecular complexity index is 586. The van der Waals surface area contributed by atoms with Gasteiger partial charge in [-0.2, -0.15) is 0 Å². The van der Waals surface area contributed by atoms with Crippen molar-refractivity contribution in [2.75, 3.05) is 12.4 Å². The van der Waals surface area contributed by atoms with Crippen LogP contribution in [-0.2, 0) is 11.3 Å². The standard InChI is InChI=1S/C16H18ClN3O/c1-12(16(21)19-14-6-4-3-5-7-14)20(2)11-13-8-9-15(17)18-10-13/h3-10,12H,11H2,1-2H3,(H,19,21)/t12-/m0/s1. The van der Waals surface area contributed by atoms with Gasteiger partial charge in [0.1, 0.15) is 5.15 Å². The van der Waals surface area contributed by atoms with Crippen LogP contribution in [0.25, 0.3) is 0 Å². The van der Waals surface area contributed by atoms with E-state index in [0.717, 1.165) is 11.3 Å². The molecule has 2 aromatic rings. The number of carbonyl (C=O) groups is 1. The fourth-order valence-electron chi connectivity index (χ4n) is 1.89. The molecule has 0 saturated carbocycles. The van der Waals surface area contributed by atoms with Gasteiger partial charge in [0.2, 0.25) is 5.91 Å². The van der Waals surface area contributed by atoms with Crippen LogP contribution in [0.5, 0.6) is 0 Å². The largest absolute Gasteiger partial charge is 0.325 e. The number of halogens is 1. The van der Waals surface area contributed by atoms with Gasteiger partial charge in [0.05, 0.1) is 6.04 Å². The molecule has 0 saturated heterocycles. The number of aromatic nitrogens is 1. The zero-order chi connectivity index (χ0) is 15.2. The van der Waals surface area contributed by atoms with E-state index in [0.29, 0.717) is 11.7 Å². The summed E-state index contributed by atoms with van der Waals surface area (Å²) in [5.74, 6) is -0.0365. The topological polar surface area (TPSA) is 45.2 Å². The normalized spacial score (nSPS) is 12.2. The number of nitrogens with zero attached hydrogens (tertiary/aromatic N) is 2. The first-order valence-electron chi connectivity index (χ1n) is 6.73. The predicted octanol–water partition coefficient (Wildman–Crippen LogP) is 3.19. The third kappa shape index (κ3) is 4.55. The van der Waals surface area contributed by atoms with Gasteiger partial charge in [-0.1, -0.05) is 35.9 Å². The van der Waals surface area contributed by atoms with E-state index in [1.54, 1.807) is 12.3 Å². The summed E-state index contributed by atoms with van der Waals surface area (Å²) in [7, 11) is 1.91. The highest BCUT2D eigenvalue weighted by Crippen LogP contribution is 2.11. The average Bonchev–Trinajstić information content (AvgIpc) is 2.49. The van der Waals surface area contributed by atoms with Crippen LogP contribution in [0.2, 0.25) is 5.15 Å². The molecule has 1 N–H and O–H groups in total. The first kappa shape index (κ1) is 15.5. The summed E-state index contributed by atoms with van der Waals surface area (Å²) in [6.07, 6.45) is 1.72. The van der Waals surface area contributed by atoms with Crippen LogP contribution in [0, 0.1) is 0 Å². The van der Waals surface area contributed by atoms with Crippen molar-refractivity contribution < 1.29 is 4.79 Å². The molecule has 0 aliphatic heterocycles. The van der Waals surface area contributed by atoms with Gasteiger partial charge in [0, 0.05) is 18.4 Å². The van der Waals surface area contributed by atoms with Gasteiger partial charge in [-0.05, 0) is 37.7 Å². The Kier molecular flexibility index (Phi) is 5.31. The quantitative estimate of drug-likeness (QED) is 0.863. The lowest BCUT2D eigenvalue weighted by Crippen LogP contribution is -2.39. The number of rotatable bonds is 5. The summed E-state index contributed by atoms with van der Waals surface area (Å²) >= 11 is 5.76. The van der Waals surface area contributed by atoms with Gasteiger partial charge in [-0.3, -0.25) is 9.69 Å². The number of benzene rings is 1. The molecule has 1 aromatic carbocycles. The van der Waals surface area contributed by atoms with E-state index in [9.17, 15) is 4.79 Å². The molecular formula is C16H18ClN3O. The maximum Gasteiger partial charge on any atom is 0.241 e. The molecule has 0 unspecified atom stereocenters. The third-order valence-corrected chi connectivity index (χ3v) is 3.53. The molecular weight excluding hydrogens is 286 g/mol. The van der Waals surface area contributed by atoms with E-state index >= 15 is 0 Å². The van der Waals surface area contributed by atoms with Crippen LogP contribution < -0.4 is 5.32 Å². The van der Waals surface area contributed by atoms with E-state index in [1.165, 1.54) is 0 Å². The van der Waals surface area contributed by atoms with Crippen molar-refractivity contribution in [3.63, 3.8) is 0 Å². The minimum absolute atomic E-state index is 0.0365. The Balaban J connectivity index is 1.93. The maximum atomic E-state index is 12.2. The Labute approximate surface area is 129 Å². The molecule has 1 heterocycles. The second-order valence-corrected chi connectivity index (χ2v) is 5.32. The highest BCUT2D eigenvalue weighted by atomic mass is 35.5. The lowest BCUT2D eigenvalue weighted by atomic mass is 10.2. The van der Waals surface area contributed by atoms with Gasteiger partial charge in [0.25, 0.3) is 0 Å². The van der Waals surface area contributed by atoms with Crippen molar-refractivity contribution in [2.24, 2.45) is 0 Å². The molecule has 21 heavy (non-hydrogen) atoms. The minimum atomic E-state index is -0.249. The van der Waals surface area contributed by atoms with Crippen LogP contribution >= 0.6 is 11.6 Å². The summed E-state index contributed by atoms with van der Waals surface area (Å²) in [6, 6.07) is 12.8. The molecule has 0 radical (unpaired) electrons. The monoisotopic (exact) mass is 303 g/mol. The molecule has 0 fully saturated rings. The lowest BCUT2D eigenvalue weighted by molar-refractivity contribution is -0.120. The van der Waals surface area contributed by atoms with Crippen molar-refractivity contribution in [1.82, 2.24) is 9.88 Å². The molecule has 0 aliphatic carbocycles. The van der Waals surface area contributed by atoms with Crippen molar-refractivity contribution in [3.05, 3.63) is 59.4 Å². The summed E-state index contributed by atoms with van der Waals surface area (Å²) in [5.41, 5.74) is 1.82. The molecule has 110 valence electrons. The van der Waals surface area contributed by atoms with E-state index in [2.05, 4.69) is 10.3 Å². The molecule has 5 heteroatoms. The number of para-hydroxylation sites is 1. The third-order valence-electron chi connectivity index (χ3n) is 3.30. The zero-order valence-corrected chi connectivity index (χ0v) is 12.8. The van der Waals surface area contributed by atoms with E-state index in [-0.39, 0.29) is 11.9 Å². The van der Waals surface area contributed by atoms with Crippen molar-refractivity contribution in [1.29, 1.82) is 0 Å². The van der Waals surface area contributed by atoms with Gasteiger partial charge >= 0.3 is 0 Å². The lowest BCUT2D eigenvalue weighted by Gasteiger charge is -2.23. The van der Waals surface area contributed by atoms with E-state index in [4.69, 9.17) is 11.6 Å². The molecule has 1 aromatic heterocycles. The molecule has 2 rings (SSSR count). The fourth-order valence-corrected chi connectivity index (χ4v) is 2.01. The Morgan fingerprint density at radius 1 is 1.29 bits per heavy atom. The zero-order valence-electron chi connectivity index (χ0n) is 12.1. The number of carbonyl (C=O) groups excluding carboxylic acids is 1.